The molecule has 0 bridgehead atoms. The molecule has 5 nitrogen and oxygen atoms in total. The van der Waals surface area contributed by atoms with Crippen LogP contribution in [-0.2, 0) is 0 Å². The first-order chi connectivity index (χ1) is 8.97. The van der Waals surface area contributed by atoms with Crippen LogP contribution in [-0.4, -0.2) is 15.1 Å². The minimum atomic E-state index is -0.962. The molecule has 2 rings (SSSR count). The summed E-state index contributed by atoms with van der Waals surface area (Å²) in [5.74, 6) is -0.424. The third-order valence-electron chi connectivity index (χ3n) is 2.38. The average Bonchev–Trinajstić information content (AvgIpc) is 2.26. The highest BCUT2D eigenvalue weighted by Crippen LogP contribution is 2.32. The molecule has 1 heterocycles. The van der Waals surface area contributed by atoms with E-state index in [2.05, 4.69) is 9.97 Å². The van der Waals surface area contributed by atoms with Gasteiger partial charge in [-0.25, -0.2) is 9.37 Å². The van der Waals surface area contributed by atoms with Crippen LogP contribution in [0.3, 0.4) is 0 Å². The molecule has 2 aromatic rings. The number of halogens is 1. The van der Waals surface area contributed by atoms with E-state index in [4.69, 9.17) is 5.73 Å². The molecule has 0 unspecified atom stereocenters. The van der Waals surface area contributed by atoms with Crippen molar-refractivity contribution in [2.45, 2.75) is 23.1 Å². The monoisotopic (exact) mass is 281 g/mol. The van der Waals surface area contributed by atoms with Crippen LogP contribution < -0.4 is 11.3 Å². The number of nitrogens with zero attached hydrogens (tertiary/aromatic N) is 1. The zero-order chi connectivity index (χ0) is 14.0. The Morgan fingerprint density at radius 1 is 1.53 bits per heavy atom. The molecule has 0 saturated carbocycles. The Bertz CT molecular complexity index is 658. The summed E-state index contributed by atoms with van der Waals surface area (Å²) < 4.78 is 13.7. The van der Waals surface area contributed by atoms with Crippen LogP contribution in [0.1, 0.15) is 18.6 Å². The van der Waals surface area contributed by atoms with Crippen molar-refractivity contribution in [3.63, 3.8) is 0 Å². The van der Waals surface area contributed by atoms with E-state index in [1.165, 1.54) is 19.1 Å². The lowest BCUT2D eigenvalue weighted by atomic mass is 10.1. The predicted molar refractivity (Wildman–Crippen MR) is 70.4 cm³/mol. The smallest absolute Gasteiger partial charge is 0.253 e. The number of anilines is 1. The van der Waals surface area contributed by atoms with Gasteiger partial charge in [-0.15, -0.1) is 0 Å². The summed E-state index contributed by atoms with van der Waals surface area (Å²) in [6.45, 7) is 1.47. The summed E-state index contributed by atoms with van der Waals surface area (Å²) in [4.78, 5) is 18.2. The van der Waals surface area contributed by atoms with Gasteiger partial charge in [0, 0.05) is 16.5 Å². The number of benzene rings is 1. The maximum atomic E-state index is 13.7. The fourth-order valence-corrected chi connectivity index (χ4v) is 2.65. The van der Waals surface area contributed by atoms with Gasteiger partial charge in [0.05, 0.1) is 6.10 Å². The second-order valence-corrected chi connectivity index (χ2v) is 4.94. The quantitative estimate of drug-likeness (QED) is 0.745. The molecule has 1 aromatic heterocycles. The molecule has 0 aliphatic carbocycles. The van der Waals surface area contributed by atoms with Gasteiger partial charge in [-0.1, -0.05) is 17.8 Å². The second-order valence-electron chi connectivity index (χ2n) is 3.91. The summed E-state index contributed by atoms with van der Waals surface area (Å²) >= 11 is 1.04. The minimum Gasteiger partial charge on any atom is -0.389 e. The number of hydrogen-bond donors (Lipinski definition) is 3. The number of aliphatic hydroxyl groups is 1. The standard InChI is InChI=1S/C12H12FN3O2S/c1-6(17)11-7(13)3-2-4-8(11)19-12-15-9(14)5-10(18)16-12/h2-6,17H,1H3,(H3,14,15,16,18)/t6-/m1/s1. The Morgan fingerprint density at radius 2 is 2.26 bits per heavy atom. The van der Waals surface area contributed by atoms with Crippen LogP contribution in [0.4, 0.5) is 10.2 Å². The highest BCUT2D eigenvalue weighted by Gasteiger charge is 2.15. The van der Waals surface area contributed by atoms with Crippen molar-refractivity contribution in [2.75, 3.05) is 5.73 Å². The summed E-state index contributed by atoms with van der Waals surface area (Å²) in [7, 11) is 0. The first kappa shape index (κ1) is 13.6. The normalized spacial score (nSPS) is 12.4. The molecule has 1 aromatic carbocycles. The topological polar surface area (TPSA) is 92.0 Å². The summed E-state index contributed by atoms with van der Waals surface area (Å²) in [5, 5.41) is 9.85. The van der Waals surface area contributed by atoms with Gasteiger partial charge >= 0.3 is 0 Å². The number of rotatable bonds is 3. The van der Waals surface area contributed by atoms with E-state index in [9.17, 15) is 14.3 Å². The molecule has 0 saturated heterocycles. The van der Waals surface area contributed by atoms with Crippen molar-refractivity contribution in [2.24, 2.45) is 0 Å². The van der Waals surface area contributed by atoms with Crippen LogP contribution >= 0.6 is 11.8 Å². The zero-order valence-electron chi connectivity index (χ0n) is 10.1. The molecule has 0 radical (unpaired) electrons. The van der Waals surface area contributed by atoms with Crippen LogP contribution in [0.25, 0.3) is 0 Å². The lowest BCUT2D eigenvalue weighted by Crippen LogP contribution is -2.09. The van der Waals surface area contributed by atoms with Gasteiger partial charge in [-0.3, -0.25) is 4.79 Å². The van der Waals surface area contributed by atoms with Crippen molar-refractivity contribution in [3.05, 3.63) is 46.0 Å². The number of nitrogens with two attached hydrogens (primary N) is 1. The number of nitrogens with one attached hydrogen (secondary N) is 1. The maximum Gasteiger partial charge on any atom is 0.253 e. The first-order valence-electron chi connectivity index (χ1n) is 5.48. The third-order valence-corrected chi connectivity index (χ3v) is 3.34. The molecule has 0 aliphatic rings. The SMILES string of the molecule is C[C@@H](O)c1c(F)cccc1Sc1nc(N)cc(=O)[nH]1. The molecule has 4 N–H and O–H groups in total. The lowest BCUT2D eigenvalue weighted by molar-refractivity contribution is 0.191. The number of aromatic amines is 1. The van der Waals surface area contributed by atoms with Gasteiger partial charge in [0.15, 0.2) is 5.16 Å². The predicted octanol–water partition coefficient (Wildman–Crippen LogP) is 1.70. The number of H-pyrrole nitrogens is 1. The highest BCUT2D eigenvalue weighted by atomic mass is 32.2. The second kappa shape index (κ2) is 5.41. The number of hydrogen-bond acceptors (Lipinski definition) is 5. The van der Waals surface area contributed by atoms with Crippen molar-refractivity contribution in [3.8, 4) is 0 Å². The van der Waals surface area contributed by atoms with E-state index in [0.717, 1.165) is 17.8 Å². The zero-order valence-corrected chi connectivity index (χ0v) is 10.9. The molecule has 19 heavy (non-hydrogen) atoms. The van der Waals surface area contributed by atoms with Crippen molar-refractivity contribution in [1.82, 2.24) is 9.97 Å². The summed E-state index contributed by atoms with van der Waals surface area (Å²) in [6.07, 6.45) is -0.962. The van der Waals surface area contributed by atoms with E-state index in [1.54, 1.807) is 6.07 Å². The van der Waals surface area contributed by atoms with Crippen LogP contribution in [0.2, 0.25) is 0 Å². The number of aliphatic hydroxyl groups excluding tert-OH is 1. The van der Waals surface area contributed by atoms with Crippen LogP contribution in [0, 0.1) is 5.82 Å². The Kier molecular flexibility index (Phi) is 3.87. The highest BCUT2D eigenvalue weighted by molar-refractivity contribution is 7.99. The molecule has 100 valence electrons. The summed E-state index contributed by atoms with van der Waals surface area (Å²) in [5.41, 5.74) is 5.25. The van der Waals surface area contributed by atoms with Crippen molar-refractivity contribution >= 4 is 17.6 Å². The van der Waals surface area contributed by atoms with E-state index in [1.807, 2.05) is 0 Å². The average molecular weight is 281 g/mol. The van der Waals surface area contributed by atoms with E-state index in [-0.39, 0.29) is 22.1 Å². The Labute approximate surface area is 112 Å². The molecule has 0 fully saturated rings. The van der Waals surface area contributed by atoms with Crippen LogP contribution in [0.15, 0.2) is 39.1 Å². The Morgan fingerprint density at radius 3 is 2.89 bits per heavy atom. The molecule has 0 aliphatic heterocycles. The van der Waals surface area contributed by atoms with Crippen LogP contribution in [0.5, 0.6) is 0 Å². The first-order valence-corrected chi connectivity index (χ1v) is 6.30. The largest absolute Gasteiger partial charge is 0.389 e. The molecular formula is C12H12FN3O2S. The third kappa shape index (κ3) is 3.12. The number of aromatic nitrogens is 2. The van der Waals surface area contributed by atoms with Gasteiger partial charge in [0.25, 0.3) is 5.56 Å². The molecule has 1 atom stereocenters. The Balaban J connectivity index is 2.43. The fourth-order valence-electron chi connectivity index (χ4n) is 1.62. The maximum absolute atomic E-state index is 13.7. The van der Waals surface area contributed by atoms with E-state index >= 15 is 0 Å². The summed E-state index contributed by atoms with van der Waals surface area (Å²) in [6, 6.07) is 5.58. The van der Waals surface area contributed by atoms with Crippen molar-refractivity contribution in [1.29, 1.82) is 0 Å². The van der Waals surface area contributed by atoms with Gasteiger partial charge < -0.3 is 15.8 Å². The fraction of sp³-hybridized carbons (Fsp3) is 0.167. The number of nitrogen functional groups attached to an aromatic ring is 1. The van der Waals surface area contributed by atoms with E-state index < -0.39 is 11.9 Å². The molecule has 0 spiro atoms. The lowest BCUT2D eigenvalue weighted by Gasteiger charge is -2.12. The van der Waals surface area contributed by atoms with Gasteiger partial charge in [0.2, 0.25) is 0 Å². The molecule has 7 heteroatoms. The Hall–Kier alpha value is -1.86. The minimum absolute atomic E-state index is 0.0845. The van der Waals surface area contributed by atoms with Gasteiger partial charge in [0.1, 0.15) is 11.6 Å². The van der Waals surface area contributed by atoms with Gasteiger partial charge in [-0.2, -0.15) is 0 Å². The molecular weight excluding hydrogens is 269 g/mol. The van der Waals surface area contributed by atoms with E-state index in [0.29, 0.717) is 4.90 Å². The van der Waals surface area contributed by atoms with Gasteiger partial charge in [-0.05, 0) is 19.1 Å². The van der Waals surface area contributed by atoms with Crippen molar-refractivity contribution < 1.29 is 9.50 Å². The molecule has 0 amide bonds.